The van der Waals surface area contributed by atoms with Crippen LogP contribution in [0.25, 0.3) is 10.8 Å². The summed E-state index contributed by atoms with van der Waals surface area (Å²) in [6, 6.07) is 18.7. The van der Waals surface area contributed by atoms with E-state index in [2.05, 4.69) is 5.16 Å². The number of fused-ring (bicyclic) bond motifs is 1. The predicted molar refractivity (Wildman–Crippen MR) is 116 cm³/mol. The van der Waals surface area contributed by atoms with Crippen molar-refractivity contribution in [1.82, 2.24) is 0 Å². The number of nitrogens with zero attached hydrogens (tertiary/aromatic N) is 2. The zero-order chi connectivity index (χ0) is 21.6. The van der Waals surface area contributed by atoms with Gasteiger partial charge in [-0.15, -0.1) is 0 Å². The molecule has 1 fully saturated rings. The Kier molecular flexibility index (Phi) is 4.39. The van der Waals surface area contributed by atoms with Crippen LogP contribution in [-0.4, -0.2) is 37.3 Å². The van der Waals surface area contributed by atoms with Gasteiger partial charge in [-0.05, 0) is 41.1 Å². The molecule has 1 spiro atoms. The molecule has 0 radical (unpaired) electrons. The molecule has 2 aliphatic heterocycles. The van der Waals surface area contributed by atoms with Gasteiger partial charge in [0.2, 0.25) is 11.5 Å². The smallest absolute Gasteiger partial charge is 0.281 e. The molecule has 5 rings (SSSR count). The van der Waals surface area contributed by atoms with Crippen LogP contribution in [0.4, 0.5) is 5.69 Å². The van der Waals surface area contributed by atoms with Crippen molar-refractivity contribution in [3.8, 4) is 11.5 Å². The Morgan fingerprint density at radius 3 is 2.45 bits per heavy atom. The number of ether oxygens (including phenoxy) is 2. The van der Waals surface area contributed by atoms with Gasteiger partial charge in [0.25, 0.3) is 5.91 Å². The van der Waals surface area contributed by atoms with E-state index in [0.717, 1.165) is 16.3 Å². The summed E-state index contributed by atoms with van der Waals surface area (Å²) in [4.78, 5) is 33.0. The maximum atomic E-state index is 13.3. The molecular weight excluding hydrogens is 396 g/mol. The lowest BCUT2D eigenvalue weighted by atomic mass is 9.92. The van der Waals surface area contributed by atoms with E-state index in [1.165, 1.54) is 4.90 Å². The number of methoxy groups -OCH3 is 2. The van der Waals surface area contributed by atoms with Crippen molar-refractivity contribution in [2.24, 2.45) is 5.16 Å². The normalized spacial score (nSPS) is 20.3. The Morgan fingerprint density at radius 1 is 0.903 bits per heavy atom. The first kappa shape index (κ1) is 19.1. The Bertz CT molecular complexity index is 1250. The fraction of sp³-hybridized carbons (Fsp3) is 0.208. The van der Waals surface area contributed by atoms with Crippen molar-refractivity contribution in [1.29, 1.82) is 0 Å². The summed E-state index contributed by atoms with van der Waals surface area (Å²) in [6.07, 6.45) is 0.149. The van der Waals surface area contributed by atoms with Gasteiger partial charge in [0.15, 0.2) is 11.5 Å². The molecule has 1 atom stereocenters. The van der Waals surface area contributed by atoms with E-state index in [-0.39, 0.29) is 18.7 Å². The lowest BCUT2D eigenvalue weighted by Gasteiger charge is -2.19. The number of imide groups is 1. The van der Waals surface area contributed by atoms with E-state index in [1.54, 1.807) is 32.4 Å². The molecule has 3 aromatic carbocycles. The molecule has 156 valence electrons. The molecule has 0 N–H and O–H groups in total. The Morgan fingerprint density at radius 2 is 1.68 bits per heavy atom. The van der Waals surface area contributed by atoms with Gasteiger partial charge in [-0.25, -0.2) is 4.90 Å². The molecule has 1 saturated heterocycles. The standard InChI is InChI=1S/C24H20N2O5/c1-29-20-10-8-17(12-21(20)30-2)19-13-24(31-25-19)14-22(27)26(23(24)28)18-9-7-15-5-3-4-6-16(15)11-18/h3-12H,13-14H2,1-2H3/t24-/m0/s1. The van der Waals surface area contributed by atoms with Crippen LogP contribution < -0.4 is 14.4 Å². The number of rotatable bonds is 4. The van der Waals surface area contributed by atoms with E-state index in [4.69, 9.17) is 14.3 Å². The topological polar surface area (TPSA) is 77.4 Å². The summed E-state index contributed by atoms with van der Waals surface area (Å²) in [5.74, 6) is 0.446. The SMILES string of the molecule is COc1ccc(C2=NO[C@]3(CC(=O)N(c4ccc5ccccc5c4)C3=O)C2)cc1OC. The van der Waals surface area contributed by atoms with E-state index < -0.39 is 11.5 Å². The highest BCUT2D eigenvalue weighted by molar-refractivity contribution is 6.26. The second-order valence-corrected chi connectivity index (χ2v) is 7.61. The zero-order valence-corrected chi connectivity index (χ0v) is 17.1. The number of hydrogen-bond acceptors (Lipinski definition) is 6. The third-order valence-electron chi connectivity index (χ3n) is 5.77. The first-order valence-electron chi connectivity index (χ1n) is 9.88. The van der Waals surface area contributed by atoms with Crippen molar-refractivity contribution >= 4 is 34.0 Å². The fourth-order valence-electron chi connectivity index (χ4n) is 4.15. The first-order chi connectivity index (χ1) is 15.0. The largest absolute Gasteiger partial charge is 0.493 e. The van der Waals surface area contributed by atoms with E-state index in [0.29, 0.717) is 22.9 Å². The molecular formula is C24H20N2O5. The van der Waals surface area contributed by atoms with Crippen molar-refractivity contribution in [3.63, 3.8) is 0 Å². The van der Waals surface area contributed by atoms with E-state index >= 15 is 0 Å². The Hall–Kier alpha value is -3.87. The lowest BCUT2D eigenvalue weighted by Crippen LogP contribution is -2.40. The molecule has 3 aromatic rings. The van der Waals surface area contributed by atoms with Crippen molar-refractivity contribution in [2.75, 3.05) is 19.1 Å². The second-order valence-electron chi connectivity index (χ2n) is 7.61. The van der Waals surface area contributed by atoms with Crippen LogP contribution in [0.3, 0.4) is 0 Å². The molecule has 0 aliphatic carbocycles. The summed E-state index contributed by atoms with van der Waals surface area (Å²) in [5, 5.41) is 6.15. The number of carbonyl (C=O) groups excluding carboxylic acids is 2. The first-order valence-corrected chi connectivity index (χ1v) is 9.88. The van der Waals surface area contributed by atoms with Crippen molar-refractivity contribution in [3.05, 3.63) is 66.2 Å². The van der Waals surface area contributed by atoms with Gasteiger partial charge in [0.05, 0.1) is 32.0 Å². The lowest BCUT2D eigenvalue weighted by molar-refractivity contribution is -0.136. The number of hydrogen-bond donors (Lipinski definition) is 0. The van der Waals surface area contributed by atoms with E-state index in [1.807, 2.05) is 42.5 Å². The number of carbonyl (C=O) groups is 2. The predicted octanol–water partition coefficient (Wildman–Crippen LogP) is 3.68. The highest BCUT2D eigenvalue weighted by atomic mass is 16.7. The van der Waals surface area contributed by atoms with Gasteiger partial charge in [0.1, 0.15) is 0 Å². The number of anilines is 1. The average molecular weight is 416 g/mol. The molecule has 2 heterocycles. The number of amides is 2. The van der Waals surface area contributed by atoms with Gasteiger partial charge in [-0.3, -0.25) is 9.59 Å². The zero-order valence-electron chi connectivity index (χ0n) is 17.1. The van der Waals surface area contributed by atoms with Gasteiger partial charge in [0, 0.05) is 12.0 Å². The van der Waals surface area contributed by atoms with Crippen LogP contribution in [0, 0.1) is 0 Å². The number of benzene rings is 3. The molecule has 2 amide bonds. The minimum atomic E-state index is -1.31. The highest BCUT2D eigenvalue weighted by Crippen LogP contribution is 2.40. The summed E-state index contributed by atoms with van der Waals surface area (Å²) < 4.78 is 10.6. The van der Waals surface area contributed by atoms with Gasteiger partial charge < -0.3 is 14.3 Å². The highest BCUT2D eigenvalue weighted by Gasteiger charge is 2.58. The van der Waals surface area contributed by atoms with Crippen LogP contribution in [0.1, 0.15) is 18.4 Å². The van der Waals surface area contributed by atoms with Crippen LogP contribution in [0.2, 0.25) is 0 Å². The maximum absolute atomic E-state index is 13.3. The van der Waals surface area contributed by atoms with Crippen LogP contribution >= 0.6 is 0 Å². The quantitative estimate of drug-likeness (QED) is 0.607. The van der Waals surface area contributed by atoms with Crippen molar-refractivity contribution in [2.45, 2.75) is 18.4 Å². The third kappa shape index (κ3) is 3.01. The molecule has 7 nitrogen and oxygen atoms in total. The molecule has 0 unspecified atom stereocenters. The van der Waals surface area contributed by atoms with Gasteiger partial charge in [-0.1, -0.05) is 35.5 Å². The molecule has 0 aromatic heterocycles. The second kappa shape index (κ2) is 7.12. The Labute approximate surface area is 178 Å². The summed E-state index contributed by atoms with van der Waals surface area (Å²) >= 11 is 0. The summed E-state index contributed by atoms with van der Waals surface area (Å²) in [6.45, 7) is 0. The monoisotopic (exact) mass is 416 g/mol. The molecule has 0 bridgehead atoms. The fourth-order valence-corrected chi connectivity index (χ4v) is 4.15. The number of oxime groups is 1. The van der Waals surface area contributed by atoms with Crippen LogP contribution in [0.5, 0.6) is 11.5 Å². The molecule has 2 aliphatic rings. The Balaban J connectivity index is 1.43. The molecule has 31 heavy (non-hydrogen) atoms. The molecule has 0 saturated carbocycles. The van der Waals surface area contributed by atoms with Gasteiger partial charge in [-0.2, -0.15) is 0 Å². The summed E-state index contributed by atoms with van der Waals surface area (Å²) in [7, 11) is 3.11. The maximum Gasteiger partial charge on any atom is 0.281 e. The minimum Gasteiger partial charge on any atom is -0.493 e. The molecule has 7 heteroatoms. The van der Waals surface area contributed by atoms with E-state index in [9.17, 15) is 9.59 Å². The summed E-state index contributed by atoms with van der Waals surface area (Å²) in [5.41, 5.74) is 0.556. The third-order valence-corrected chi connectivity index (χ3v) is 5.77. The van der Waals surface area contributed by atoms with Crippen LogP contribution in [0.15, 0.2) is 65.8 Å². The van der Waals surface area contributed by atoms with Gasteiger partial charge >= 0.3 is 0 Å². The van der Waals surface area contributed by atoms with Crippen LogP contribution in [-0.2, 0) is 14.4 Å². The average Bonchev–Trinajstić information content (AvgIpc) is 3.33. The van der Waals surface area contributed by atoms with Crippen molar-refractivity contribution < 1.29 is 23.9 Å². The minimum absolute atomic E-state index is 0.0566.